The fourth-order valence-electron chi connectivity index (χ4n) is 4.72. The minimum Gasteiger partial charge on any atom is -0.493 e. The summed E-state index contributed by atoms with van der Waals surface area (Å²) in [6, 6.07) is 22.9. The van der Waals surface area contributed by atoms with Crippen LogP contribution in [-0.4, -0.2) is 36.7 Å². The number of amides is 2. The van der Waals surface area contributed by atoms with Crippen LogP contribution in [0.1, 0.15) is 35.2 Å². The van der Waals surface area contributed by atoms with Gasteiger partial charge in [-0.1, -0.05) is 60.7 Å². The van der Waals surface area contributed by atoms with Crippen molar-refractivity contribution in [3.05, 3.63) is 101 Å². The molecule has 1 heterocycles. The van der Waals surface area contributed by atoms with Gasteiger partial charge in [0.1, 0.15) is 18.8 Å². The number of carbonyl (C=O) groups excluding carboxylic acids is 2. The summed E-state index contributed by atoms with van der Waals surface area (Å²) in [5.41, 5.74) is 4.68. The van der Waals surface area contributed by atoms with Gasteiger partial charge in [0.05, 0.1) is 7.11 Å². The molecule has 0 unspecified atom stereocenters. The summed E-state index contributed by atoms with van der Waals surface area (Å²) < 4.78 is 17.1. The van der Waals surface area contributed by atoms with Crippen molar-refractivity contribution in [2.24, 2.45) is 0 Å². The third-order valence-corrected chi connectivity index (χ3v) is 6.49. The van der Waals surface area contributed by atoms with Crippen molar-refractivity contribution in [3.63, 3.8) is 0 Å². The number of nitrogens with zero attached hydrogens (tertiary/aromatic N) is 1. The van der Waals surface area contributed by atoms with Gasteiger partial charge in [0, 0.05) is 18.4 Å². The van der Waals surface area contributed by atoms with E-state index in [1.54, 1.807) is 20.1 Å². The highest BCUT2D eigenvalue weighted by Crippen LogP contribution is 2.34. The Kier molecular flexibility index (Phi) is 6.27. The van der Waals surface area contributed by atoms with Crippen molar-refractivity contribution in [1.82, 2.24) is 4.90 Å². The van der Waals surface area contributed by atoms with Crippen LogP contribution in [0.2, 0.25) is 0 Å². The normalized spacial score (nSPS) is 17.8. The molecule has 2 amide bonds. The molecule has 2 aliphatic rings. The molecule has 5 rings (SSSR count). The predicted octanol–water partition coefficient (Wildman–Crippen LogP) is 5.36. The Morgan fingerprint density at radius 2 is 1.66 bits per heavy atom. The lowest BCUT2D eigenvalue weighted by atomic mass is 10.1. The first-order valence-corrected chi connectivity index (χ1v) is 11.7. The molecule has 1 atom stereocenters. The molecule has 178 valence electrons. The lowest BCUT2D eigenvalue weighted by Crippen LogP contribution is -2.34. The molecular weight excluding hydrogens is 442 g/mol. The molecule has 0 N–H and O–H groups in total. The quantitative estimate of drug-likeness (QED) is 0.455. The number of benzene rings is 3. The lowest BCUT2D eigenvalue weighted by Gasteiger charge is -2.20. The summed E-state index contributed by atoms with van der Waals surface area (Å²) in [5.74, 6) is 0.877. The van der Waals surface area contributed by atoms with Gasteiger partial charge in [-0.25, -0.2) is 9.69 Å². The van der Waals surface area contributed by atoms with Crippen LogP contribution in [0.5, 0.6) is 11.5 Å². The Balaban J connectivity index is 1.36. The molecule has 0 spiro atoms. The number of carbonyl (C=O) groups is 2. The maximum atomic E-state index is 13.3. The Bertz CT molecular complexity index is 1260. The molecule has 0 bridgehead atoms. The summed E-state index contributed by atoms with van der Waals surface area (Å²) >= 11 is 0. The molecule has 6 heteroatoms. The van der Waals surface area contributed by atoms with Crippen LogP contribution >= 0.6 is 0 Å². The van der Waals surface area contributed by atoms with E-state index >= 15 is 0 Å². The second kappa shape index (κ2) is 9.66. The van der Waals surface area contributed by atoms with Gasteiger partial charge in [0.2, 0.25) is 0 Å². The predicted molar refractivity (Wildman–Crippen MR) is 132 cm³/mol. The summed E-state index contributed by atoms with van der Waals surface area (Å²) in [5, 5.41) is 0. The molecule has 1 fully saturated rings. The zero-order valence-electron chi connectivity index (χ0n) is 19.8. The highest BCUT2D eigenvalue weighted by molar-refractivity contribution is 6.05. The van der Waals surface area contributed by atoms with E-state index in [2.05, 4.69) is 12.1 Å². The third kappa shape index (κ3) is 4.64. The van der Waals surface area contributed by atoms with E-state index in [0.717, 1.165) is 24.0 Å². The van der Waals surface area contributed by atoms with Crippen molar-refractivity contribution in [2.45, 2.75) is 31.9 Å². The largest absolute Gasteiger partial charge is 0.493 e. The number of cyclic esters (lactones) is 1. The van der Waals surface area contributed by atoms with Gasteiger partial charge in [-0.15, -0.1) is 0 Å². The van der Waals surface area contributed by atoms with Crippen molar-refractivity contribution in [2.75, 3.05) is 13.7 Å². The highest BCUT2D eigenvalue weighted by atomic mass is 16.6. The summed E-state index contributed by atoms with van der Waals surface area (Å²) in [4.78, 5) is 26.8. The number of rotatable bonds is 6. The number of imide groups is 1. The van der Waals surface area contributed by atoms with Crippen molar-refractivity contribution in [3.8, 4) is 11.5 Å². The smallest absolute Gasteiger partial charge is 0.417 e. The first-order valence-electron chi connectivity index (χ1n) is 11.7. The average Bonchev–Trinajstić information content (AvgIpc) is 3.47. The molecule has 1 aliphatic carbocycles. The number of hydrogen-bond donors (Lipinski definition) is 0. The van der Waals surface area contributed by atoms with Crippen molar-refractivity contribution in [1.29, 1.82) is 0 Å². The molecular formula is C29H27NO5. The average molecular weight is 470 g/mol. The van der Waals surface area contributed by atoms with Gasteiger partial charge in [-0.2, -0.15) is 0 Å². The van der Waals surface area contributed by atoms with E-state index < -0.39 is 12.1 Å². The van der Waals surface area contributed by atoms with E-state index in [9.17, 15) is 9.59 Å². The zero-order valence-corrected chi connectivity index (χ0v) is 19.8. The van der Waals surface area contributed by atoms with Crippen molar-refractivity contribution < 1.29 is 23.8 Å². The van der Waals surface area contributed by atoms with E-state index in [4.69, 9.17) is 14.2 Å². The molecule has 3 aromatic rings. The number of ether oxygens (including phenoxy) is 3. The Hall–Kier alpha value is -4.06. The SMILES string of the molecule is COc1ccc(/C=C(\C)C(=O)N2C(=O)OC[C@H]2c2ccccc2)cc1OC1Cc2ccccc2C1. The van der Waals surface area contributed by atoms with Gasteiger partial charge in [-0.3, -0.25) is 4.79 Å². The molecule has 0 saturated carbocycles. The van der Waals surface area contributed by atoms with Gasteiger partial charge >= 0.3 is 6.09 Å². The van der Waals surface area contributed by atoms with Crippen LogP contribution in [0.4, 0.5) is 4.79 Å². The molecule has 1 aliphatic heterocycles. The molecule has 6 nitrogen and oxygen atoms in total. The molecule has 0 aromatic heterocycles. The second-order valence-corrected chi connectivity index (χ2v) is 8.83. The first kappa shape index (κ1) is 22.7. The highest BCUT2D eigenvalue weighted by Gasteiger charge is 2.39. The first-order chi connectivity index (χ1) is 17.0. The zero-order chi connectivity index (χ0) is 24.4. The molecule has 1 saturated heterocycles. The summed E-state index contributed by atoms with van der Waals surface area (Å²) in [6.45, 7) is 1.85. The topological polar surface area (TPSA) is 65.1 Å². The minimum atomic E-state index is -0.629. The monoisotopic (exact) mass is 469 g/mol. The molecule has 3 aromatic carbocycles. The maximum Gasteiger partial charge on any atom is 0.417 e. The van der Waals surface area contributed by atoms with Crippen LogP contribution in [-0.2, 0) is 22.4 Å². The molecule has 0 radical (unpaired) electrons. The van der Waals surface area contributed by atoms with Crippen LogP contribution in [0, 0.1) is 0 Å². The van der Waals surface area contributed by atoms with Crippen LogP contribution in [0.3, 0.4) is 0 Å². The Morgan fingerprint density at radius 1 is 0.971 bits per heavy atom. The number of methoxy groups -OCH3 is 1. The van der Waals surface area contributed by atoms with Crippen LogP contribution in [0.15, 0.2) is 78.4 Å². The fourth-order valence-corrected chi connectivity index (χ4v) is 4.72. The van der Waals surface area contributed by atoms with Gasteiger partial charge in [-0.05, 0) is 47.4 Å². The van der Waals surface area contributed by atoms with E-state index in [-0.39, 0.29) is 18.6 Å². The summed E-state index contributed by atoms with van der Waals surface area (Å²) in [7, 11) is 1.61. The van der Waals surface area contributed by atoms with E-state index in [1.165, 1.54) is 16.0 Å². The van der Waals surface area contributed by atoms with Gasteiger partial charge < -0.3 is 14.2 Å². The number of fused-ring (bicyclic) bond motifs is 1. The number of hydrogen-bond acceptors (Lipinski definition) is 5. The lowest BCUT2D eigenvalue weighted by molar-refractivity contribution is -0.125. The fraction of sp³-hybridized carbons (Fsp3) is 0.241. The van der Waals surface area contributed by atoms with Crippen LogP contribution in [0.25, 0.3) is 6.08 Å². The summed E-state index contributed by atoms with van der Waals surface area (Å²) in [6.07, 6.45) is 2.83. The Morgan fingerprint density at radius 3 is 2.34 bits per heavy atom. The maximum absolute atomic E-state index is 13.3. The minimum absolute atomic E-state index is 0.0225. The van der Waals surface area contributed by atoms with E-state index in [0.29, 0.717) is 17.1 Å². The second-order valence-electron chi connectivity index (χ2n) is 8.83. The van der Waals surface area contributed by atoms with E-state index in [1.807, 2.05) is 60.7 Å². The van der Waals surface area contributed by atoms with Gasteiger partial charge in [0.15, 0.2) is 11.5 Å². The Labute approximate surface area is 204 Å². The molecule has 35 heavy (non-hydrogen) atoms. The van der Waals surface area contributed by atoms with Crippen molar-refractivity contribution >= 4 is 18.1 Å². The third-order valence-electron chi connectivity index (χ3n) is 6.49. The van der Waals surface area contributed by atoms with Crippen LogP contribution < -0.4 is 9.47 Å². The van der Waals surface area contributed by atoms with Gasteiger partial charge in [0.25, 0.3) is 5.91 Å². The standard InChI is InChI=1S/C29H27NO5/c1-19(28(31)30-25(18-34-29(30)32)21-8-4-3-5-9-21)14-20-12-13-26(33-2)27(15-20)35-24-16-22-10-6-7-11-23(22)17-24/h3-15,24-25H,16-18H2,1-2H3/b19-14+/t25-/m0/s1.